The van der Waals surface area contributed by atoms with Gasteiger partial charge >= 0.3 is 0 Å². The number of amides is 1. The number of carbonyl (C=O) groups excluding carboxylic acids is 1. The molecule has 0 aliphatic heterocycles. The molecule has 24 heavy (non-hydrogen) atoms. The van der Waals surface area contributed by atoms with E-state index in [9.17, 15) is 4.79 Å². The van der Waals surface area contributed by atoms with Gasteiger partial charge in [-0.25, -0.2) is 0 Å². The number of hydrogen-bond donors (Lipinski definition) is 2. The Morgan fingerprint density at radius 2 is 2.00 bits per heavy atom. The molecule has 0 saturated heterocycles. The summed E-state index contributed by atoms with van der Waals surface area (Å²) in [6.07, 6.45) is 0. The van der Waals surface area contributed by atoms with E-state index in [0.717, 1.165) is 15.8 Å². The van der Waals surface area contributed by atoms with E-state index in [4.69, 9.17) is 28.6 Å². The van der Waals surface area contributed by atoms with Crippen LogP contribution in [0.4, 0.5) is 5.69 Å². The molecule has 1 heterocycles. The Morgan fingerprint density at radius 1 is 1.21 bits per heavy atom. The van der Waals surface area contributed by atoms with Crippen molar-refractivity contribution in [3.63, 3.8) is 0 Å². The topological polar surface area (TPSA) is 50.4 Å². The number of hydrogen-bond acceptors (Lipinski definition) is 4. The summed E-state index contributed by atoms with van der Waals surface area (Å²) in [4.78, 5) is 12.9. The van der Waals surface area contributed by atoms with E-state index in [-0.39, 0.29) is 11.0 Å². The van der Waals surface area contributed by atoms with Gasteiger partial charge in [0, 0.05) is 21.8 Å². The molecule has 0 radical (unpaired) electrons. The number of thiocarbonyl (C=S) groups is 1. The Hall–Kier alpha value is -2.15. The highest BCUT2D eigenvalue weighted by molar-refractivity contribution is 7.80. The Kier molecular flexibility index (Phi) is 4.99. The maximum atomic E-state index is 12.4. The van der Waals surface area contributed by atoms with E-state index < -0.39 is 0 Å². The SMILES string of the molecule is COc1cccc(NC(=S)NC(=O)c2sc3ccccc3c2Cl)c1. The monoisotopic (exact) mass is 376 g/mol. The van der Waals surface area contributed by atoms with Gasteiger partial charge in [-0.05, 0) is 30.4 Å². The molecule has 1 aromatic heterocycles. The molecular formula is C17H13ClN2O2S2. The van der Waals surface area contributed by atoms with Gasteiger partial charge in [-0.2, -0.15) is 0 Å². The number of halogens is 1. The van der Waals surface area contributed by atoms with Gasteiger partial charge in [0.05, 0.1) is 12.1 Å². The molecule has 122 valence electrons. The molecule has 0 bridgehead atoms. The zero-order valence-corrected chi connectivity index (χ0v) is 15.0. The van der Waals surface area contributed by atoms with Crippen LogP contribution in [0.5, 0.6) is 5.75 Å². The summed E-state index contributed by atoms with van der Waals surface area (Å²) in [6, 6.07) is 14.9. The van der Waals surface area contributed by atoms with Crippen LogP contribution < -0.4 is 15.4 Å². The Balaban J connectivity index is 1.73. The van der Waals surface area contributed by atoms with Gasteiger partial charge in [-0.15, -0.1) is 11.3 Å². The summed E-state index contributed by atoms with van der Waals surface area (Å²) in [5.41, 5.74) is 0.724. The Morgan fingerprint density at radius 3 is 2.75 bits per heavy atom. The molecule has 3 aromatic rings. The van der Waals surface area contributed by atoms with Crippen LogP contribution in [0.1, 0.15) is 9.67 Å². The number of nitrogens with one attached hydrogen (secondary N) is 2. The van der Waals surface area contributed by atoms with Crippen LogP contribution in [-0.2, 0) is 0 Å². The number of fused-ring (bicyclic) bond motifs is 1. The van der Waals surface area contributed by atoms with Crippen molar-refractivity contribution in [3.8, 4) is 5.75 Å². The summed E-state index contributed by atoms with van der Waals surface area (Å²) < 4.78 is 6.11. The van der Waals surface area contributed by atoms with Crippen molar-refractivity contribution in [2.45, 2.75) is 0 Å². The van der Waals surface area contributed by atoms with Crippen LogP contribution in [0.2, 0.25) is 5.02 Å². The molecule has 0 aliphatic rings. The minimum absolute atomic E-state index is 0.196. The first-order valence-corrected chi connectivity index (χ1v) is 8.62. The van der Waals surface area contributed by atoms with Crippen molar-refractivity contribution in [1.82, 2.24) is 5.32 Å². The first-order valence-electron chi connectivity index (χ1n) is 7.02. The quantitative estimate of drug-likeness (QED) is 0.651. The lowest BCUT2D eigenvalue weighted by Gasteiger charge is -2.10. The first kappa shape index (κ1) is 16.7. The lowest BCUT2D eigenvalue weighted by atomic mass is 10.2. The highest BCUT2D eigenvalue weighted by atomic mass is 35.5. The number of rotatable bonds is 3. The third-order valence-corrected chi connectivity index (χ3v) is 5.17. The summed E-state index contributed by atoms with van der Waals surface area (Å²) in [7, 11) is 1.59. The second kappa shape index (κ2) is 7.17. The lowest BCUT2D eigenvalue weighted by Crippen LogP contribution is -2.33. The maximum Gasteiger partial charge on any atom is 0.269 e. The lowest BCUT2D eigenvalue weighted by molar-refractivity contribution is 0.0982. The number of carbonyl (C=O) groups is 1. The average Bonchev–Trinajstić information content (AvgIpc) is 2.92. The van der Waals surface area contributed by atoms with Crippen molar-refractivity contribution in [3.05, 3.63) is 58.4 Å². The Bertz CT molecular complexity index is 924. The summed E-state index contributed by atoms with van der Waals surface area (Å²) in [5.74, 6) is 0.364. The molecule has 0 atom stereocenters. The average molecular weight is 377 g/mol. The van der Waals surface area contributed by atoms with Crippen LogP contribution in [0.15, 0.2) is 48.5 Å². The summed E-state index contributed by atoms with van der Waals surface area (Å²) in [6.45, 7) is 0. The Labute approximate surface area is 153 Å². The van der Waals surface area contributed by atoms with Crippen molar-refractivity contribution in [1.29, 1.82) is 0 Å². The molecule has 2 aromatic carbocycles. The van der Waals surface area contributed by atoms with Gasteiger partial charge < -0.3 is 10.1 Å². The molecule has 1 amide bonds. The molecule has 4 nitrogen and oxygen atoms in total. The summed E-state index contributed by atoms with van der Waals surface area (Å²) >= 11 is 12.8. The third-order valence-electron chi connectivity index (χ3n) is 3.30. The van der Waals surface area contributed by atoms with Crippen LogP contribution in [0.3, 0.4) is 0 Å². The van der Waals surface area contributed by atoms with Crippen molar-refractivity contribution in [2.24, 2.45) is 0 Å². The molecule has 0 fully saturated rings. The predicted octanol–water partition coefficient (Wildman–Crippen LogP) is 4.69. The van der Waals surface area contributed by atoms with E-state index >= 15 is 0 Å². The smallest absolute Gasteiger partial charge is 0.269 e. The first-order chi connectivity index (χ1) is 11.6. The third kappa shape index (κ3) is 3.51. The van der Waals surface area contributed by atoms with Gasteiger partial charge in [-0.3, -0.25) is 10.1 Å². The van der Waals surface area contributed by atoms with Crippen LogP contribution in [0, 0.1) is 0 Å². The van der Waals surface area contributed by atoms with Crippen LogP contribution in [-0.4, -0.2) is 18.1 Å². The number of ether oxygens (including phenoxy) is 1. The van der Waals surface area contributed by atoms with E-state index in [1.807, 2.05) is 42.5 Å². The zero-order chi connectivity index (χ0) is 17.1. The highest BCUT2D eigenvalue weighted by Gasteiger charge is 2.17. The molecule has 0 saturated carbocycles. The molecule has 0 spiro atoms. The fourth-order valence-corrected chi connectivity index (χ4v) is 3.81. The fraction of sp³-hybridized carbons (Fsp3) is 0.0588. The molecule has 0 unspecified atom stereocenters. The molecule has 2 N–H and O–H groups in total. The predicted molar refractivity (Wildman–Crippen MR) is 104 cm³/mol. The molecule has 3 rings (SSSR count). The van der Waals surface area contributed by atoms with E-state index in [1.165, 1.54) is 11.3 Å². The van der Waals surface area contributed by atoms with E-state index in [1.54, 1.807) is 13.2 Å². The standard InChI is InChI=1S/C17H13ClN2O2S2/c1-22-11-6-4-5-10(9-11)19-17(23)20-16(21)15-14(18)12-7-2-3-8-13(12)24-15/h2-9H,1H3,(H2,19,20,21,23). The number of anilines is 1. The maximum absolute atomic E-state index is 12.4. The zero-order valence-electron chi connectivity index (χ0n) is 12.6. The molecule has 0 aliphatic carbocycles. The van der Waals surface area contributed by atoms with Crippen molar-refractivity contribution < 1.29 is 9.53 Å². The van der Waals surface area contributed by atoms with Gasteiger partial charge in [0.1, 0.15) is 10.6 Å². The van der Waals surface area contributed by atoms with Gasteiger partial charge in [0.15, 0.2) is 5.11 Å². The van der Waals surface area contributed by atoms with Gasteiger partial charge in [-0.1, -0.05) is 35.9 Å². The van der Waals surface area contributed by atoms with E-state index in [2.05, 4.69) is 10.6 Å². The largest absolute Gasteiger partial charge is 0.497 e. The minimum Gasteiger partial charge on any atom is -0.497 e. The number of benzene rings is 2. The minimum atomic E-state index is -0.332. The van der Waals surface area contributed by atoms with Gasteiger partial charge in [0.25, 0.3) is 5.91 Å². The van der Waals surface area contributed by atoms with E-state index in [0.29, 0.717) is 15.6 Å². The second-order valence-electron chi connectivity index (χ2n) is 4.88. The van der Waals surface area contributed by atoms with Crippen molar-refractivity contribution in [2.75, 3.05) is 12.4 Å². The number of methoxy groups -OCH3 is 1. The van der Waals surface area contributed by atoms with Crippen LogP contribution >= 0.6 is 35.2 Å². The number of thiophene rings is 1. The normalized spacial score (nSPS) is 10.4. The second-order valence-corrected chi connectivity index (χ2v) is 6.72. The van der Waals surface area contributed by atoms with Gasteiger partial charge in [0.2, 0.25) is 0 Å². The van der Waals surface area contributed by atoms with Crippen molar-refractivity contribution >= 4 is 61.9 Å². The highest BCUT2D eigenvalue weighted by Crippen LogP contribution is 2.34. The summed E-state index contributed by atoms with van der Waals surface area (Å²) in [5, 5.41) is 7.10. The fourth-order valence-electron chi connectivity index (χ4n) is 2.18. The molecular weight excluding hydrogens is 364 g/mol. The molecule has 7 heteroatoms. The van der Waals surface area contributed by atoms with Crippen LogP contribution in [0.25, 0.3) is 10.1 Å².